The molecule has 0 amide bonds. The Morgan fingerprint density at radius 2 is 1.32 bits per heavy atom. The summed E-state index contributed by atoms with van der Waals surface area (Å²) >= 11 is 1.64. The zero-order chi connectivity index (χ0) is 40.7. The first kappa shape index (κ1) is 36.8. The lowest BCUT2D eigenvalue weighted by Gasteiger charge is -2.21. The number of hydrogen-bond donors (Lipinski definition) is 0. The number of imidazole rings is 2. The number of aromatic nitrogens is 5. The highest BCUT2D eigenvalue weighted by Gasteiger charge is 2.36. The number of pyridine rings is 2. The molecule has 10 rings (SSSR count). The second-order valence-electron chi connectivity index (χ2n) is 15.6. The first-order valence-corrected chi connectivity index (χ1v) is 20.5. The molecule has 292 valence electrons. The second-order valence-corrected chi connectivity index (χ2v) is 16.9. The molecule has 0 radical (unpaired) electrons. The molecule has 0 spiro atoms. The third-order valence-electron chi connectivity index (χ3n) is 11.1. The quantitative estimate of drug-likeness (QED) is 0.161. The first-order valence-electron chi connectivity index (χ1n) is 19.6. The minimum atomic E-state index is -4.76. The van der Waals surface area contributed by atoms with Crippen molar-refractivity contribution in [3.8, 4) is 40.0 Å². The molecule has 0 aliphatic rings. The number of hydrogen-bond acceptors (Lipinski definition) is 5. The van der Waals surface area contributed by atoms with Gasteiger partial charge in [0.1, 0.15) is 11.4 Å². The number of para-hydroxylation sites is 4. The second kappa shape index (κ2) is 13.8. The van der Waals surface area contributed by atoms with Crippen LogP contribution in [0.3, 0.4) is 0 Å². The summed E-state index contributed by atoms with van der Waals surface area (Å²) in [6.45, 7) is 10.6. The Balaban J connectivity index is 1.24. The van der Waals surface area contributed by atoms with Crippen molar-refractivity contribution in [1.29, 1.82) is 0 Å². The fourth-order valence-electron chi connectivity index (χ4n) is 8.47. The van der Waals surface area contributed by atoms with Gasteiger partial charge in [0.05, 0.1) is 27.8 Å². The van der Waals surface area contributed by atoms with Gasteiger partial charge in [0.2, 0.25) is 17.5 Å². The molecule has 59 heavy (non-hydrogen) atoms. The van der Waals surface area contributed by atoms with E-state index in [1.165, 1.54) is 6.07 Å². The summed E-state index contributed by atoms with van der Waals surface area (Å²) in [5.41, 5.74) is 7.54. The van der Waals surface area contributed by atoms with E-state index >= 15 is 0 Å². The maximum atomic E-state index is 15.0. The number of alkyl halides is 3. The summed E-state index contributed by atoms with van der Waals surface area (Å²) in [6.07, 6.45) is -4.76. The number of nitrogens with zero attached hydrogens (tertiary/aromatic N) is 5. The molecule has 0 atom stereocenters. The van der Waals surface area contributed by atoms with Crippen LogP contribution in [0.2, 0.25) is 0 Å². The summed E-state index contributed by atoms with van der Waals surface area (Å²) in [5, 5.41) is 3.00. The van der Waals surface area contributed by atoms with E-state index in [0.29, 0.717) is 17.3 Å². The molecule has 10 heteroatoms. The summed E-state index contributed by atoms with van der Waals surface area (Å²) in [6, 6.07) is 40.5. The lowest BCUT2D eigenvalue weighted by molar-refractivity contribution is -0.138. The van der Waals surface area contributed by atoms with Gasteiger partial charge >= 0.3 is 6.18 Å². The van der Waals surface area contributed by atoms with Crippen molar-refractivity contribution in [2.75, 3.05) is 0 Å². The van der Waals surface area contributed by atoms with Gasteiger partial charge in [-0.25, -0.2) is 9.97 Å². The van der Waals surface area contributed by atoms with Gasteiger partial charge in [0.25, 0.3) is 0 Å². The van der Waals surface area contributed by atoms with Crippen molar-refractivity contribution in [3.63, 3.8) is 0 Å². The van der Waals surface area contributed by atoms with Crippen LogP contribution in [0.15, 0.2) is 127 Å². The summed E-state index contributed by atoms with van der Waals surface area (Å²) < 4.78 is 56.4. The molecule has 0 bridgehead atoms. The van der Waals surface area contributed by atoms with Gasteiger partial charge in [0.15, 0.2) is 0 Å². The van der Waals surface area contributed by atoms with Crippen LogP contribution in [0.1, 0.15) is 61.1 Å². The Labute approximate surface area is 342 Å². The lowest BCUT2D eigenvalue weighted by atomic mass is 9.85. The van der Waals surface area contributed by atoms with E-state index in [1.54, 1.807) is 17.4 Å². The molecule has 0 unspecified atom stereocenters. The van der Waals surface area contributed by atoms with Gasteiger partial charge in [-0.05, 0) is 106 Å². The van der Waals surface area contributed by atoms with E-state index in [2.05, 4.69) is 68.3 Å². The largest absolute Gasteiger partial charge is 0.421 e. The molecule has 0 saturated heterocycles. The van der Waals surface area contributed by atoms with Crippen LogP contribution in [0, 0.1) is 6.92 Å². The highest BCUT2D eigenvalue weighted by Crippen LogP contribution is 2.44. The van der Waals surface area contributed by atoms with E-state index in [1.807, 2.05) is 89.5 Å². The van der Waals surface area contributed by atoms with Crippen molar-refractivity contribution >= 4 is 60.0 Å². The fourth-order valence-corrected chi connectivity index (χ4v) is 9.45. The molecule has 6 nitrogen and oxygen atoms in total. The van der Waals surface area contributed by atoms with E-state index in [0.717, 1.165) is 81.7 Å². The maximum Gasteiger partial charge on any atom is 0.421 e. The predicted octanol–water partition coefficient (Wildman–Crippen LogP) is 14.3. The van der Waals surface area contributed by atoms with Crippen LogP contribution >= 0.6 is 11.3 Å². The maximum absolute atomic E-state index is 15.0. The number of thiophene rings is 1. The van der Waals surface area contributed by atoms with E-state index in [-0.39, 0.29) is 17.7 Å². The third-order valence-corrected chi connectivity index (χ3v) is 12.1. The smallest absolute Gasteiger partial charge is 0.420 e. The Bertz CT molecular complexity index is 3260. The van der Waals surface area contributed by atoms with Gasteiger partial charge in [-0.2, -0.15) is 18.2 Å². The van der Waals surface area contributed by atoms with Crippen LogP contribution in [0.25, 0.3) is 76.9 Å². The van der Waals surface area contributed by atoms with Crippen molar-refractivity contribution in [2.24, 2.45) is 0 Å². The Kier molecular flexibility index (Phi) is 8.61. The Hall–Kier alpha value is -6.52. The van der Waals surface area contributed by atoms with Crippen LogP contribution in [0.5, 0.6) is 11.8 Å². The molecule has 0 saturated carbocycles. The average Bonchev–Trinajstić information content (AvgIpc) is 3.89. The van der Waals surface area contributed by atoms with Gasteiger partial charge in [-0.1, -0.05) is 94.4 Å². The number of rotatable bonds is 7. The van der Waals surface area contributed by atoms with Crippen molar-refractivity contribution < 1.29 is 17.9 Å². The Morgan fingerprint density at radius 1 is 0.644 bits per heavy atom. The molecule has 5 aromatic heterocycles. The van der Waals surface area contributed by atoms with Crippen LogP contribution in [-0.2, 0) is 6.18 Å². The number of ether oxygens (including phenoxy) is 1. The summed E-state index contributed by atoms with van der Waals surface area (Å²) in [7, 11) is 0. The molecule has 0 fully saturated rings. The van der Waals surface area contributed by atoms with E-state index in [9.17, 15) is 13.2 Å². The SMILES string of the molecule is Cc1cc2c(cc(-c3ccc(C(F)(F)F)c(Oc4cc(-c5c(C(C)C)cccc5C(C)C)cc(-n5c6ccccc6n6c7ccccc7nc56)n4)n3)c3ccccc32)s1. The molecular formula is C49H38F3N5OS. The zero-order valence-electron chi connectivity index (χ0n) is 33.0. The van der Waals surface area contributed by atoms with Crippen LogP contribution in [-0.4, -0.2) is 23.9 Å². The van der Waals surface area contributed by atoms with Gasteiger partial charge in [-0.15, -0.1) is 11.3 Å². The van der Waals surface area contributed by atoms with E-state index in [4.69, 9.17) is 14.7 Å². The highest BCUT2D eigenvalue weighted by molar-refractivity contribution is 7.19. The van der Waals surface area contributed by atoms with Gasteiger partial charge < -0.3 is 4.74 Å². The van der Waals surface area contributed by atoms with Gasteiger partial charge in [0, 0.05) is 26.6 Å². The fraction of sp³-hybridized carbons (Fsp3) is 0.163. The number of halogens is 3. The molecule has 5 heterocycles. The highest BCUT2D eigenvalue weighted by atomic mass is 32.1. The summed E-state index contributed by atoms with van der Waals surface area (Å²) in [5.74, 6) is 0.759. The van der Waals surface area contributed by atoms with E-state index < -0.39 is 17.6 Å². The molecule has 5 aromatic carbocycles. The zero-order valence-corrected chi connectivity index (χ0v) is 33.8. The molecule has 10 aromatic rings. The normalized spacial score (nSPS) is 12.4. The molecule has 0 aliphatic heterocycles. The molecule has 0 N–H and O–H groups in total. The number of aryl methyl sites for hydroxylation is 1. The third kappa shape index (κ3) is 6.12. The number of fused-ring (bicyclic) bond motifs is 8. The molecular weight excluding hydrogens is 764 g/mol. The van der Waals surface area contributed by atoms with Crippen molar-refractivity contribution in [3.05, 3.63) is 149 Å². The van der Waals surface area contributed by atoms with Gasteiger partial charge in [-0.3, -0.25) is 8.97 Å². The van der Waals surface area contributed by atoms with Crippen molar-refractivity contribution in [2.45, 2.75) is 52.6 Å². The first-order chi connectivity index (χ1) is 28.4. The minimum absolute atomic E-state index is 0.0258. The standard InChI is InChI=1S/C49H38F3N5OS/c1-27(2)31-15-12-16-32(28(3)4)46(31)30-24-44(57-42-20-11-10-19-41(42)56-40-18-9-8-17-39(40)54-48(56)57)55-45(25-30)58-47-37(49(50,51)52)21-22-38(53-47)35-26-43-36(23-29(5)59-43)34-14-7-6-13-33(34)35/h6-28H,1-5H3. The van der Waals surface area contributed by atoms with Crippen LogP contribution < -0.4 is 4.74 Å². The Morgan fingerprint density at radius 3 is 2.05 bits per heavy atom. The lowest BCUT2D eigenvalue weighted by Crippen LogP contribution is -2.10. The minimum Gasteiger partial charge on any atom is -0.420 e. The predicted molar refractivity (Wildman–Crippen MR) is 233 cm³/mol. The topological polar surface area (TPSA) is 57.2 Å². The average molecular weight is 802 g/mol. The molecule has 0 aliphatic carbocycles. The summed E-state index contributed by atoms with van der Waals surface area (Å²) in [4.78, 5) is 15.9. The number of benzene rings is 5. The van der Waals surface area contributed by atoms with Crippen molar-refractivity contribution in [1.82, 2.24) is 23.9 Å². The van der Waals surface area contributed by atoms with Crippen LogP contribution in [0.4, 0.5) is 13.2 Å². The monoisotopic (exact) mass is 801 g/mol.